The molecule has 42 heavy (non-hydrogen) atoms. The van der Waals surface area contributed by atoms with Gasteiger partial charge in [0.15, 0.2) is 17.4 Å². The van der Waals surface area contributed by atoms with Crippen LogP contribution in [0.4, 0.5) is 13.2 Å². The summed E-state index contributed by atoms with van der Waals surface area (Å²) in [6.45, 7) is 0.557. The molecule has 1 aliphatic heterocycles. The van der Waals surface area contributed by atoms with Crippen molar-refractivity contribution in [3.05, 3.63) is 99.8 Å². The molecular formula is C31H28ClF3N2O5. The molecule has 0 spiro atoms. The minimum absolute atomic E-state index is 0.00316. The first-order valence-corrected chi connectivity index (χ1v) is 13.7. The van der Waals surface area contributed by atoms with Crippen molar-refractivity contribution < 1.29 is 37.0 Å². The van der Waals surface area contributed by atoms with Crippen molar-refractivity contribution in [2.75, 3.05) is 26.3 Å². The Hall–Kier alpha value is -4.02. The number of hydrogen-bond acceptors (Lipinski definition) is 6. The number of halogens is 4. The molecule has 2 aliphatic rings. The SMILES string of the molecule is NC(=O)C1(N2CCC(c3ccc(OCCOc4c(F)cc(F)cc4F)cc3)=C(C(=O)OCc3ccccc3Cl)C2)CC1. The molecule has 0 bridgehead atoms. The maximum absolute atomic E-state index is 13.7. The van der Waals surface area contributed by atoms with Crippen molar-refractivity contribution in [2.45, 2.75) is 31.4 Å². The van der Waals surface area contributed by atoms with Gasteiger partial charge in [-0.15, -0.1) is 0 Å². The molecule has 3 aromatic rings. The fraction of sp³-hybridized carbons (Fsp3) is 0.290. The van der Waals surface area contributed by atoms with Gasteiger partial charge in [-0.25, -0.2) is 18.0 Å². The van der Waals surface area contributed by atoms with Crippen molar-refractivity contribution in [3.8, 4) is 11.5 Å². The third-order valence-corrected chi connectivity index (χ3v) is 7.83. The van der Waals surface area contributed by atoms with Gasteiger partial charge in [-0.05, 0) is 48.6 Å². The number of ether oxygens (including phenoxy) is 3. The smallest absolute Gasteiger partial charge is 0.335 e. The molecule has 1 fully saturated rings. The first-order valence-electron chi connectivity index (χ1n) is 13.4. The number of primary amides is 1. The van der Waals surface area contributed by atoms with Crippen LogP contribution in [0.3, 0.4) is 0 Å². The van der Waals surface area contributed by atoms with E-state index < -0.39 is 40.6 Å². The fourth-order valence-electron chi connectivity index (χ4n) is 5.04. The molecule has 2 N–H and O–H groups in total. The summed E-state index contributed by atoms with van der Waals surface area (Å²) in [5, 5.41) is 0.490. The molecule has 7 nitrogen and oxygen atoms in total. The Balaban J connectivity index is 1.28. The molecule has 11 heteroatoms. The summed E-state index contributed by atoms with van der Waals surface area (Å²) < 4.78 is 56.9. The van der Waals surface area contributed by atoms with Gasteiger partial charge in [-0.1, -0.05) is 41.9 Å². The van der Waals surface area contributed by atoms with Crippen molar-refractivity contribution in [1.29, 1.82) is 0 Å². The van der Waals surface area contributed by atoms with Gasteiger partial charge in [-0.3, -0.25) is 9.69 Å². The highest BCUT2D eigenvalue weighted by molar-refractivity contribution is 6.31. The van der Waals surface area contributed by atoms with E-state index in [1.807, 2.05) is 4.90 Å². The lowest BCUT2D eigenvalue weighted by atomic mass is 9.92. The van der Waals surface area contributed by atoms with E-state index in [1.165, 1.54) is 0 Å². The average Bonchev–Trinajstić information content (AvgIpc) is 3.78. The predicted octanol–water partition coefficient (Wildman–Crippen LogP) is 5.44. The Kier molecular flexibility index (Phi) is 8.74. The molecule has 5 rings (SSSR count). The van der Waals surface area contributed by atoms with E-state index in [4.69, 9.17) is 31.5 Å². The van der Waals surface area contributed by atoms with E-state index in [9.17, 15) is 22.8 Å². The van der Waals surface area contributed by atoms with Crippen LogP contribution in [0.5, 0.6) is 11.5 Å². The standard InChI is InChI=1S/C31H28ClF3N2O5/c32-25-4-2-1-3-20(25)18-42-29(38)24-17-37(31(10-11-31)30(36)39)12-9-23(24)19-5-7-22(8-6-19)40-13-14-41-28-26(34)15-21(33)16-27(28)35/h1-8,15-16H,9-14,17-18H2,(H2,36,39). The number of rotatable bonds is 11. The normalized spacial score (nSPS) is 16.2. The highest BCUT2D eigenvalue weighted by Crippen LogP contribution is 2.44. The van der Waals surface area contributed by atoms with Crippen LogP contribution in [0.2, 0.25) is 5.02 Å². The van der Waals surface area contributed by atoms with Crippen molar-refractivity contribution in [1.82, 2.24) is 4.90 Å². The second-order valence-corrected chi connectivity index (χ2v) is 10.5. The fourth-order valence-corrected chi connectivity index (χ4v) is 5.23. The average molecular weight is 601 g/mol. The molecule has 0 aromatic heterocycles. The van der Waals surface area contributed by atoms with Crippen LogP contribution in [0.15, 0.2) is 66.2 Å². The number of carbonyl (C=O) groups is 2. The molecule has 1 heterocycles. The van der Waals surface area contributed by atoms with E-state index in [1.54, 1.807) is 48.5 Å². The molecular weight excluding hydrogens is 573 g/mol. The van der Waals surface area contributed by atoms with Crippen LogP contribution in [0, 0.1) is 17.5 Å². The van der Waals surface area contributed by atoms with Crippen LogP contribution in [-0.2, 0) is 20.9 Å². The molecule has 1 amide bonds. The second-order valence-electron chi connectivity index (χ2n) is 10.1. The summed E-state index contributed by atoms with van der Waals surface area (Å²) in [4.78, 5) is 27.5. The van der Waals surface area contributed by atoms with Gasteiger partial charge in [0.2, 0.25) is 5.91 Å². The van der Waals surface area contributed by atoms with Crippen LogP contribution >= 0.6 is 11.6 Å². The van der Waals surface area contributed by atoms with E-state index in [0.717, 1.165) is 11.1 Å². The number of nitrogens with two attached hydrogens (primary N) is 1. The van der Waals surface area contributed by atoms with Crippen molar-refractivity contribution in [3.63, 3.8) is 0 Å². The minimum atomic E-state index is -1.14. The molecule has 1 saturated carbocycles. The third-order valence-electron chi connectivity index (χ3n) is 7.46. The molecule has 0 atom stereocenters. The van der Waals surface area contributed by atoms with Gasteiger partial charge in [0.1, 0.15) is 36.9 Å². The Labute approximate surface area is 245 Å². The van der Waals surface area contributed by atoms with Crippen LogP contribution in [0.1, 0.15) is 30.4 Å². The monoisotopic (exact) mass is 600 g/mol. The Morgan fingerprint density at radius 1 is 0.952 bits per heavy atom. The third kappa shape index (κ3) is 6.39. The summed E-state index contributed by atoms with van der Waals surface area (Å²) in [5.74, 6) is -4.42. The molecule has 0 unspecified atom stereocenters. The van der Waals surface area contributed by atoms with E-state index in [0.29, 0.717) is 59.8 Å². The predicted molar refractivity (Wildman–Crippen MR) is 149 cm³/mol. The number of amides is 1. The number of esters is 1. The van der Waals surface area contributed by atoms with Gasteiger partial charge in [0, 0.05) is 35.8 Å². The second kappa shape index (κ2) is 12.5. The van der Waals surface area contributed by atoms with E-state index in [2.05, 4.69) is 0 Å². The Morgan fingerprint density at radius 3 is 2.26 bits per heavy atom. The van der Waals surface area contributed by atoms with Gasteiger partial charge in [0.05, 0.1) is 5.57 Å². The zero-order valence-electron chi connectivity index (χ0n) is 22.5. The van der Waals surface area contributed by atoms with Gasteiger partial charge < -0.3 is 19.9 Å². The van der Waals surface area contributed by atoms with Crippen LogP contribution < -0.4 is 15.2 Å². The van der Waals surface area contributed by atoms with Crippen LogP contribution in [0.25, 0.3) is 5.57 Å². The Morgan fingerprint density at radius 2 is 1.62 bits per heavy atom. The van der Waals surface area contributed by atoms with Crippen LogP contribution in [-0.4, -0.2) is 48.6 Å². The summed E-state index contributed by atoms with van der Waals surface area (Å²) in [6.07, 6.45) is 1.79. The van der Waals surface area contributed by atoms with Crippen molar-refractivity contribution >= 4 is 29.1 Å². The first-order chi connectivity index (χ1) is 20.2. The summed E-state index contributed by atoms with van der Waals surface area (Å²) in [7, 11) is 0. The maximum Gasteiger partial charge on any atom is 0.335 e. The van der Waals surface area contributed by atoms with Gasteiger partial charge in [0.25, 0.3) is 0 Å². The zero-order valence-corrected chi connectivity index (χ0v) is 23.3. The molecule has 220 valence electrons. The lowest BCUT2D eigenvalue weighted by Crippen LogP contribution is -2.50. The lowest BCUT2D eigenvalue weighted by molar-refractivity contribution is -0.141. The molecule has 3 aromatic carbocycles. The lowest BCUT2D eigenvalue weighted by Gasteiger charge is -2.35. The number of nitrogens with zero attached hydrogens (tertiary/aromatic N) is 1. The largest absolute Gasteiger partial charge is 0.490 e. The van der Waals surface area contributed by atoms with E-state index >= 15 is 0 Å². The molecule has 1 aliphatic carbocycles. The highest BCUT2D eigenvalue weighted by Gasteiger charge is 2.54. The molecule has 0 radical (unpaired) electrons. The molecule has 0 saturated heterocycles. The minimum Gasteiger partial charge on any atom is -0.490 e. The number of benzene rings is 3. The number of carbonyl (C=O) groups excluding carboxylic acids is 2. The first kappa shape index (κ1) is 29.5. The zero-order chi connectivity index (χ0) is 29.9. The summed E-state index contributed by atoms with van der Waals surface area (Å²) >= 11 is 6.23. The summed E-state index contributed by atoms with van der Waals surface area (Å²) in [5.41, 5.74) is 7.64. The van der Waals surface area contributed by atoms with E-state index in [-0.39, 0.29) is 26.4 Å². The quantitative estimate of drug-likeness (QED) is 0.233. The van der Waals surface area contributed by atoms with Gasteiger partial charge >= 0.3 is 5.97 Å². The maximum atomic E-state index is 13.7. The number of hydrogen-bond donors (Lipinski definition) is 1. The van der Waals surface area contributed by atoms with Crippen molar-refractivity contribution in [2.24, 2.45) is 5.73 Å². The Bertz CT molecular complexity index is 1500. The van der Waals surface area contributed by atoms with Gasteiger partial charge in [-0.2, -0.15) is 0 Å². The highest BCUT2D eigenvalue weighted by atomic mass is 35.5. The summed E-state index contributed by atoms with van der Waals surface area (Å²) in [6, 6.07) is 15.2. The topological polar surface area (TPSA) is 91.1 Å².